The number of piperidine rings is 1. The number of likely N-dealkylation sites (tertiary alicyclic amines) is 1. The Morgan fingerprint density at radius 3 is 2.73 bits per heavy atom. The molecule has 0 radical (unpaired) electrons. The molecule has 1 saturated heterocycles. The number of hydrogen-bond acceptors (Lipinski definition) is 5. The number of benzene rings is 1. The molecule has 1 fully saturated rings. The van der Waals surface area contributed by atoms with Crippen LogP contribution < -0.4 is 5.32 Å². The number of ether oxygens (including phenoxy) is 1. The molecule has 1 unspecified atom stereocenters. The Morgan fingerprint density at radius 1 is 1.35 bits per heavy atom. The summed E-state index contributed by atoms with van der Waals surface area (Å²) in [6.07, 6.45) is 3.41. The zero-order valence-corrected chi connectivity index (χ0v) is 14.7. The fourth-order valence-electron chi connectivity index (χ4n) is 3.05. The molecular weight excluding hydrogens is 335 g/mol. The van der Waals surface area contributed by atoms with Gasteiger partial charge in [0, 0.05) is 6.54 Å². The normalized spacial score (nSPS) is 17.9. The van der Waals surface area contributed by atoms with Crippen LogP contribution in [0.25, 0.3) is 0 Å². The second kappa shape index (κ2) is 9.99. The number of amides is 2. The van der Waals surface area contributed by atoms with Crippen molar-refractivity contribution < 1.29 is 24.4 Å². The fourth-order valence-corrected chi connectivity index (χ4v) is 3.05. The standard InChI is InChI=1S/C18H25BN2O5/c1-2-17(22)21-11-7-6-10-15(21)13-26-18(23)20-16(19(24)25)12-14-8-4-3-5-9-14/h2-5,8-9,15-16,24-25H,1,6-7,10-13H2,(H,20,23)/t15?,16-/m0/s1. The molecule has 1 aliphatic rings. The molecule has 0 saturated carbocycles. The van der Waals surface area contributed by atoms with Gasteiger partial charge < -0.3 is 25.0 Å². The van der Waals surface area contributed by atoms with Gasteiger partial charge in [-0.15, -0.1) is 0 Å². The maximum atomic E-state index is 12.1. The number of hydrogen-bond donors (Lipinski definition) is 3. The predicted octanol–water partition coefficient (Wildman–Crippen LogP) is 0.903. The SMILES string of the molecule is C=CC(=O)N1CCCCC1COC(=O)N[C@@H](Cc1ccccc1)B(O)O. The van der Waals surface area contributed by atoms with Crippen LogP contribution in [-0.2, 0) is 16.0 Å². The number of alkyl carbamates (subject to hydrolysis) is 1. The molecule has 1 heterocycles. The lowest BCUT2D eigenvalue weighted by molar-refractivity contribution is -0.130. The van der Waals surface area contributed by atoms with Crippen molar-refractivity contribution in [3.05, 3.63) is 48.6 Å². The van der Waals surface area contributed by atoms with Crippen molar-refractivity contribution in [2.24, 2.45) is 0 Å². The third-order valence-corrected chi connectivity index (χ3v) is 4.45. The van der Waals surface area contributed by atoms with Gasteiger partial charge in [-0.1, -0.05) is 36.9 Å². The lowest BCUT2D eigenvalue weighted by Gasteiger charge is -2.34. The van der Waals surface area contributed by atoms with Gasteiger partial charge in [0.25, 0.3) is 0 Å². The van der Waals surface area contributed by atoms with Crippen LogP contribution >= 0.6 is 0 Å². The van der Waals surface area contributed by atoms with E-state index in [0.29, 0.717) is 6.54 Å². The Labute approximate surface area is 153 Å². The summed E-state index contributed by atoms with van der Waals surface area (Å²) in [5.74, 6) is -1.06. The van der Waals surface area contributed by atoms with Gasteiger partial charge >= 0.3 is 13.2 Å². The van der Waals surface area contributed by atoms with E-state index in [1.165, 1.54) is 6.08 Å². The van der Waals surface area contributed by atoms with Gasteiger partial charge in [-0.05, 0) is 37.3 Å². The third-order valence-electron chi connectivity index (χ3n) is 4.45. The van der Waals surface area contributed by atoms with E-state index in [1.807, 2.05) is 30.3 Å². The molecule has 0 spiro atoms. The van der Waals surface area contributed by atoms with Crippen molar-refractivity contribution in [3.8, 4) is 0 Å². The second-order valence-electron chi connectivity index (χ2n) is 6.34. The highest BCUT2D eigenvalue weighted by Crippen LogP contribution is 2.17. The molecule has 0 bridgehead atoms. The molecule has 0 aromatic heterocycles. The lowest BCUT2D eigenvalue weighted by atomic mass is 9.76. The Kier molecular flexibility index (Phi) is 7.68. The summed E-state index contributed by atoms with van der Waals surface area (Å²) in [5.41, 5.74) is 0.862. The van der Waals surface area contributed by atoms with Gasteiger partial charge in [0.1, 0.15) is 6.61 Å². The molecule has 0 aliphatic carbocycles. The molecule has 2 rings (SSSR count). The van der Waals surface area contributed by atoms with Crippen LogP contribution in [0, 0.1) is 0 Å². The minimum absolute atomic E-state index is 0.0605. The Bertz CT molecular complexity index is 611. The summed E-state index contributed by atoms with van der Waals surface area (Å²) in [5, 5.41) is 21.5. The van der Waals surface area contributed by atoms with Crippen LogP contribution in [0.15, 0.2) is 43.0 Å². The van der Waals surface area contributed by atoms with Gasteiger partial charge in [0.15, 0.2) is 0 Å². The number of carbonyl (C=O) groups is 2. The van der Waals surface area contributed by atoms with E-state index in [2.05, 4.69) is 11.9 Å². The summed E-state index contributed by atoms with van der Waals surface area (Å²) < 4.78 is 5.22. The molecule has 140 valence electrons. The Hall–Kier alpha value is -2.32. The molecule has 1 aliphatic heterocycles. The maximum Gasteiger partial charge on any atom is 0.475 e. The summed E-state index contributed by atoms with van der Waals surface area (Å²) in [6.45, 7) is 4.18. The Balaban J connectivity index is 1.87. The van der Waals surface area contributed by atoms with Gasteiger partial charge in [0.05, 0.1) is 12.0 Å². The molecular formula is C18H25BN2O5. The van der Waals surface area contributed by atoms with E-state index in [9.17, 15) is 19.6 Å². The van der Waals surface area contributed by atoms with E-state index in [-0.39, 0.29) is 25.0 Å². The van der Waals surface area contributed by atoms with Gasteiger partial charge in [-0.3, -0.25) is 4.79 Å². The summed E-state index contributed by atoms with van der Waals surface area (Å²) >= 11 is 0. The molecule has 2 amide bonds. The average molecular weight is 360 g/mol. The van der Waals surface area contributed by atoms with E-state index in [0.717, 1.165) is 24.8 Å². The molecule has 2 atom stereocenters. The van der Waals surface area contributed by atoms with Gasteiger partial charge in [-0.25, -0.2) is 4.79 Å². The molecule has 1 aromatic carbocycles. The van der Waals surface area contributed by atoms with Crippen molar-refractivity contribution in [2.45, 2.75) is 37.7 Å². The number of nitrogens with one attached hydrogen (secondary N) is 1. The first-order valence-corrected chi connectivity index (χ1v) is 8.77. The van der Waals surface area contributed by atoms with Crippen molar-refractivity contribution in [2.75, 3.05) is 13.2 Å². The number of rotatable bonds is 7. The first kappa shape index (κ1) is 20.0. The van der Waals surface area contributed by atoms with Crippen molar-refractivity contribution >= 4 is 19.1 Å². The quantitative estimate of drug-likeness (QED) is 0.496. The summed E-state index contributed by atoms with van der Waals surface area (Å²) in [7, 11) is -1.71. The molecule has 7 nitrogen and oxygen atoms in total. The van der Waals surface area contributed by atoms with Crippen LogP contribution in [0.3, 0.4) is 0 Å². The van der Waals surface area contributed by atoms with Crippen molar-refractivity contribution in [1.82, 2.24) is 10.2 Å². The summed E-state index contributed by atoms with van der Waals surface area (Å²) in [4.78, 5) is 25.6. The zero-order chi connectivity index (χ0) is 18.9. The van der Waals surface area contributed by atoms with Crippen LogP contribution in [-0.4, -0.2) is 59.2 Å². The lowest BCUT2D eigenvalue weighted by Crippen LogP contribution is -2.50. The van der Waals surface area contributed by atoms with Crippen LogP contribution in [0.5, 0.6) is 0 Å². The van der Waals surface area contributed by atoms with Gasteiger partial charge in [-0.2, -0.15) is 0 Å². The monoisotopic (exact) mass is 360 g/mol. The minimum atomic E-state index is -1.71. The van der Waals surface area contributed by atoms with E-state index < -0.39 is 19.2 Å². The topological polar surface area (TPSA) is 99.1 Å². The number of carbonyl (C=O) groups excluding carboxylic acids is 2. The van der Waals surface area contributed by atoms with Crippen LogP contribution in [0.1, 0.15) is 24.8 Å². The summed E-state index contributed by atoms with van der Waals surface area (Å²) in [6, 6.07) is 9.01. The largest absolute Gasteiger partial charge is 0.475 e. The van der Waals surface area contributed by atoms with E-state index >= 15 is 0 Å². The predicted molar refractivity (Wildman–Crippen MR) is 98.2 cm³/mol. The van der Waals surface area contributed by atoms with Crippen LogP contribution in [0.2, 0.25) is 0 Å². The molecule has 1 aromatic rings. The highest BCUT2D eigenvalue weighted by atomic mass is 16.5. The van der Waals surface area contributed by atoms with E-state index in [4.69, 9.17) is 4.74 Å². The molecule has 3 N–H and O–H groups in total. The van der Waals surface area contributed by atoms with Crippen LogP contribution in [0.4, 0.5) is 4.79 Å². The first-order valence-electron chi connectivity index (χ1n) is 8.77. The first-order chi connectivity index (χ1) is 12.5. The molecule has 8 heteroatoms. The highest BCUT2D eigenvalue weighted by molar-refractivity contribution is 6.43. The minimum Gasteiger partial charge on any atom is -0.447 e. The highest BCUT2D eigenvalue weighted by Gasteiger charge is 2.29. The van der Waals surface area contributed by atoms with Gasteiger partial charge in [0.2, 0.25) is 5.91 Å². The number of nitrogens with zero attached hydrogens (tertiary/aromatic N) is 1. The zero-order valence-electron chi connectivity index (χ0n) is 14.7. The smallest absolute Gasteiger partial charge is 0.447 e. The second-order valence-corrected chi connectivity index (χ2v) is 6.34. The van der Waals surface area contributed by atoms with Crippen molar-refractivity contribution in [3.63, 3.8) is 0 Å². The average Bonchev–Trinajstić information content (AvgIpc) is 2.66. The molecule has 26 heavy (non-hydrogen) atoms. The van der Waals surface area contributed by atoms with Crippen molar-refractivity contribution in [1.29, 1.82) is 0 Å². The fraction of sp³-hybridized carbons (Fsp3) is 0.444. The van der Waals surface area contributed by atoms with E-state index in [1.54, 1.807) is 4.90 Å². The Morgan fingerprint density at radius 2 is 2.08 bits per heavy atom. The third kappa shape index (κ3) is 5.89. The maximum absolute atomic E-state index is 12.1.